The highest BCUT2D eigenvalue weighted by molar-refractivity contribution is 6.34. The standard InChI is InChI=1S/C12H10Cl2N2O2/c1-6-4-9(15)8(13)5-10(6)16-12(17)7-2-3-18-11(7)14/h2-5H,15H2,1H3,(H,16,17). The van der Waals surface area contributed by atoms with Crippen LogP contribution in [0.15, 0.2) is 28.9 Å². The number of nitrogen functional groups attached to an aromatic ring is 1. The van der Waals surface area contributed by atoms with Crippen molar-refractivity contribution in [1.82, 2.24) is 0 Å². The number of hydrogen-bond donors (Lipinski definition) is 2. The van der Waals surface area contributed by atoms with Crippen LogP contribution in [-0.4, -0.2) is 5.91 Å². The molecule has 1 heterocycles. The molecule has 1 aromatic carbocycles. The Morgan fingerprint density at radius 2 is 2.11 bits per heavy atom. The first kappa shape index (κ1) is 12.8. The van der Waals surface area contributed by atoms with Gasteiger partial charge in [-0.2, -0.15) is 0 Å². The van der Waals surface area contributed by atoms with Crippen molar-refractivity contribution in [2.45, 2.75) is 6.92 Å². The van der Waals surface area contributed by atoms with Gasteiger partial charge in [0, 0.05) is 5.69 Å². The molecular weight excluding hydrogens is 275 g/mol. The fourth-order valence-electron chi connectivity index (χ4n) is 1.48. The Kier molecular flexibility index (Phi) is 3.50. The normalized spacial score (nSPS) is 10.4. The van der Waals surface area contributed by atoms with Gasteiger partial charge >= 0.3 is 0 Å². The molecule has 0 saturated heterocycles. The van der Waals surface area contributed by atoms with Crippen LogP contribution < -0.4 is 11.1 Å². The summed E-state index contributed by atoms with van der Waals surface area (Å²) in [6, 6.07) is 4.78. The zero-order chi connectivity index (χ0) is 13.3. The number of amides is 1. The molecule has 0 aliphatic rings. The van der Waals surface area contributed by atoms with E-state index in [0.717, 1.165) is 5.56 Å². The predicted octanol–water partition coefficient (Wildman–Crippen LogP) is 3.73. The summed E-state index contributed by atoms with van der Waals surface area (Å²) in [7, 11) is 0. The maximum Gasteiger partial charge on any atom is 0.260 e. The van der Waals surface area contributed by atoms with E-state index in [-0.39, 0.29) is 16.7 Å². The van der Waals surface area contributed by atoms with Crippen LogP contribution in [0.25, 0.3) is 0 Å². The summed E-state index contributed by atoms with van der Waals surface area (Å²) >= 11 is 11.6. The van der Waals surface area contributed by atoms with Gasteiger partial charge in [0.2, 0.25) is 5.22 Å². The van der Waals surface area contributed by atoms with Crippen molar-refractivity contribution in [2.75, 3.05) is 11.1 Å². The van der Waals surface area contributed by atoms with Gasteiger partial charge in [-0.3, -0.25) is 4.79 Å². The Bertz CT molecular complexity index is 608. The molecule has 0 unspecified atom stereocenters. The van der Waals surface area contributed by atoms with E-state index >= 15 is 0 Å². The van der Waals surface area contributed by atoms with E-state index in [1.807, 2.05) is 6.92 Å². The average molecular weight is 285 g/mol. The van der Waals surface area contributed by atoms with Gasteiger partial charge in [-0.1, -0.05) is 11.6 Å². The third-order valence-electron chi connectivity index (χ3n) is 2.45. The molecule has 1 aromatic heterocycles. The fraction of sp³-hybridized carbons (Fsp3) is 0.0833. The number of benzene rings is 1. The Morgan fingerprint density at radius 1 is 1.39 bits per heavy atom. The first-order valence-corrected chi connectivity index (χ1v) is 5.84. The van der Waals surface area contributed by atoms with E-state index in [0.29, 0.717) is 16.4 Å². The lowest BCUT2D eigenvalue weighted by Crippen LogP contribution is -2.12. The summed E-state index contributed by atoms with van der Waals surface area (Å²) in [5.41, 5.74) is 7.78. The number of furan rings is 1. The summed E-state index contributed by atoms with van der Waals surface area (Å²) in [6.07, 6.45) is 1.35. The number of nitrogens with two attached hydrogens (primary N) is 1. The third kappa shape index (κ3) is 2.44. The van der Waals surface area contributed by atoms with Crippen LogP contribution in [-0.2, 0) is 0 Å². The average Bonchev–Trinajstić information content (AvgIpc) is 2.72. The Balaban J connectivity index is 2.28. The second-order valence-corrected chi connectivity index (χ2v) is 4.50. The molecule has 0 bridgehead atoms. The number of aryl methyl sites for hydroxylation is 1. The number of carbonyl (C=O) groups excluding carboxylic acids is 1. The molecule has 3 N–H and O–H groups in total. The van der Waals surface area contributed by atoms with Crippen LogP contribution in [0.5, 0.6) is 0 Å². The number of halogens is 2. The molecule has 0 spiro atoms. The number of anilines is 2. The van der Waals surface area contributed by atoms with Crippen molar-refractivity contribution in [1.29, 1.82) is 0 Å². The maximum atomic E-state index is 11.9. The minimum Gasteiger partial charge on any atom is -0.452 e. The molecule has 0 saturated carbocycles. The second-order valence-electron chi connectivity index (χ2n) is 3.75. The minimum atomic E-state index is -0.363. The van der Waals surface area contributed by atoms with Gasteiger partial charge in [-0.15, -0.1) is 0 Å². The van der Waals surface area contributed by atoms with Crippen LogP contribution >= 0.6 is 23.2 Å². The zero-order valence-electron chi connectivity index (χ0n) is 9.46. The van der Waals surface area contributed by atoms with Crippen molar-refractivity contribution in [3.8, 4) is 0 Å². The minimum absolute atomic E-state index is 0.0479. The molecule has 0 aliphatic carbocycles. The summed E-state index contributed by atoms with van der Waals surface area (Å²) in [5, 5.41) is 3.13. The fourth-order valence-corrected chi connectivity index (χ4v) is 1.85. The Labute approximate surface area is 114 Å². The van der Waals surface area contributed by atoms with Gasteiger partial charge in [0.05, 0.1) is 22.5 Å². The van der Waals surface area contributed by atoms with E-state index in [2.05, 4.69) is 5.32 Å². The van der Waals surface area contributed by atoms with Crippen LogP contribution in [0.1, 0.15) is 15.9 Å². The molecule has 1 amide bonds. The summed E-state index contributed by atoms with van der Waals surface area (Å²) in [4.78, 5) is 11.9. The van der Waals surface area contributed by atoms with Crippen LogP contribution in [0.3, 0.4) is 0 Å². The van der Waals surface area contributed by atoms with Crippen LogP contribution in [0.2, 0.25) is 10.2 Å². The second kappa shape index (κ2) is 4.92. The first-order chi connectivity index (χ1) is 8.49. The van der Waals surface area contributed by atoms with Gasteiger partial charge in [0.15, 0.2) is 0 Å². The third-order valence-corrected chi connectivity index (χ3v) is 3.07. The van der Waals surface area contributed by atoms with Gasteiger partial charge in [0.25, 0.3) is 5.91 Å². The highest BCUT2D eigenvalue weighted by Gasteiger charge is 2.14. The van der Waals surface area contributed by atoms with E-state index in [4.69, 9.17) is 33.4 Å². The quantitative estimate of drug-likeness (QED) is 0.826. The van der Waals surface area contributed by atoms with Crippen molar-refractivity contribution in [3.05, 3.63) is 45.8 Å². The van der Waals surface area contributed by atoms with Gasteiger partial charge in [-0.25, -0.2) is 0 Å². The van der Waals surface area contributed by atoms with Crippen molar-refractivity contribution in [3.63, 3.8) is 0 Å². The van der Waals surface area contributed by atoms with Gasteiger partial charge < -0.3 is 15.5 Å². The molecular formula is C12H10Cl2N2O2. The number of hydrogen-bond acceptors (Lipinski definition) is 3. The first-order valence-electron chi connectivity index (χ1n) is 5.09. The zero-order valence-corrected chi connectivity index (χ0v) is 11.0. The molecule has 0 fully saturated rings. The lowest BCUT2D eigenvalue weighted by atomic mass is 10.1. The van der Waals surface area contributed by atoms with Crippen LogP contribution in [0.4, 0.5) is 11.4 Å². The summed E-state index contributed by atoms with van der Waals surface area (Å²) in [5.74, 6) is -0.363. The molecule has 0 radical (unpaired) electrons. The van der Waals surface area contributed by atoms with E-state index in [9.17, 15) is 4.79 Å². The predicted molar refractivity (Wildman–Crippen MR) is 72.3 cm³/mol. The highest BCUT2D eigenvalue weighted by atomic mass is 35.5. The number of carbonyl (C=O) groups is 1. The van der Waals surface area contributed by atoms with E-state index in [1.54, 1.807) is 12.1 Å². The maximum absolute atomic E-state index is 11.9. The molecule has 0 atom stereocenters. The molecule has 4 nitrogen and oxygen atoms in total. The highest BCUT2D eigenvalue weighted by Crippen LogP contribution is 2.27. The molecule has 94 valence electrons. The number of nitrogens with one attached hydrogen (secondary N) is 1. The summed E-state index contributed by atoms with van der Waals surface area (Å²) < 4.78 is 4.85. The summed E-state index contributed by atoms with van der Waals surface area (Å²) in [6.45, 7) is 1.82. The largest absolute Gasteiger partial charge is 0.452 e. The Hall–Kier alpha value is -1.65. The van der Waals surface area contributed by atoms with Gasteiger partial charge in [0.1, 0.15) is 0 Å². The van der Waals surface area contributed by atoms with E-state index < -0.39 is 0 Å². The molecule has 2 aromatic rings. The molecule has 6 heteroatoms. The molecule has 2 rings (SSSR count). The SMILES string of the molecule is Cc1cc(N)c(Cl)cc1NC(=O)c1ccoc1Cl. The topological polar surface area (TPSA) is 68.3 Å². The number of rotatable bonds is 2. The van der Waals surface area contributed by atoms with Crippen molar-refractivity contribution in [2.24, 2.45) is 0 Å². The molecule has 18 heavy (non-hydrogen) atoms. The lowest BCUT2D eigenvalue weighted by Gasteiger charge is -2.09. The lowest BCUT2D eigenvalue weighted by molar-refractivity contribution is 0.102. The van der Waals surface area contributed by atoms with Crippen molar-refractivity contribution < 1.29 is 9.21 Å². The van der Waals surface area contributed by atoms with Gasteiger partial charge in [-0.05, 0) is 42.3 Å². The van der Waals surface area contributed by atoms with Crippen LogP contribution in [0, 0.1) is 6.92 Å². The van der Waals surface area contributed by atoms with E-state index in [1.165, 1.54) is 12.3 Å². The smallest absolute Gasteiger partial charge is 0.260 e. The Morgan fingerprint density at radius 3 is 2.72 bits per heavy atom. The monoisotopic (exact) mass is 284 g/mol. The molecule has 0 aliphatic heterocycles. The van der Waals surface area contributed by atoms with Crippen molar-refractivity contribution >= 4 is 40.5 Å².